The fourth-order valence-electron chi connectivity index (χ4n) is 0.683. The molecule has 0 aliphatic heterocycles. The molecule has 0 saturated heterocycles. The Morgan fingerprint density at radius 1 is 1.77 bits per heavy atom. The van der Waals surface area contributed by atoms with Gasteiger partial charge < -0.3 is 4.74 Å². The summed E-state index contributed by atoms with van der Waals surface area (Å²) >= 11 is 0. The van der Waals surface area contributed by atoms with E-state index in [1.807, 2.05) is 0 Å². The van der Waals surface area contributed by atoms with Crippen LogP contribution in [0.5, 0.6) is 0 Å². The Kier molecular flexibility index (Phi) is 3.96. The summed E-state index contributed by atoms with van der Waals surface area (Å²) in [5, 5.41) is 18.8. The van der Waals surface area contributed by atoms with Crippen LogP contribution in [-0.2, 0) is 4.74 Å². The van der Waals surface area contributed by atoms with Crippen molar-refractivity contribution in [1.29, 1.82) is 5.26 Å². The van der Waals surface area contributed by atoms with Crippen molar-refractivity contribution in [3.63, 3.8) is 0 Å². The van der Waals surface area contributed by atoms with Gasteiger partial charge in [-0.2, -0.15) is 5.26 Å². The Balaban J connectivity index is 5.33. The quantitative estimate of drug-likeness (QED) is 0.215. The van der Waals surface area contributed by atoms with Crippen molar-refractivity contribution in [2.75, 3.05) is 7.11 Å². The lowest BCUT2D eigenvalue weighted by Crippen LogP contribution is -2.03. The summed E-state index contributed by atoms with van der Waals surface area (Å²) in [6, 6.07) is 1.66. The summed E-state index contributed by atoms with van der Waals surface area (Å²) in [7, 11) is 1.23. The first-order valence-corrected chi connectivity index (χ1v) is 3.23. The van der Waals surface area contributed by atoms with Crippen LogP contribution in [0.4, 0.5) is 0 Å². The predicted octanol–water partition coefficient (Wildman–Crippen LogP) is 1.39. The predicted molar refractivity (Wildman–Crippen MR) is 46.0 cm³/mol. The van der Waals surface area contributed by atoms with Crippen LogP contribution < -0.4 is 0 Å². The monoisotopic (exact) mass is 180 g/mol. The first kappa shape index (κ1) is 10.9. The summed E-state index contributed by atoms with van der Waals surface area (Å²) in [4.78, 5) is 9.71. The smallest absolute Gasteiger partial charge is 0.311 e. The summed E-state index contributed by atoms with van der Waals surface area (Å²) in [6.45, 7) is 6.54. The minimum atomic E-state index is -0.686. The second kappa shape index (κ2) is 4.72. The van der Waals surface area contributed by atoms with Crippen molar-refractivity contribution in [1.82, 2.24) is 0 Å². The molecule has 0 radical (unpaired) electrons. The fourth-order valence-corrected chi connectivity index (χ4v) is 0.683. The maximum Gasteiger partial charge on any atom is 0.311 e. The minimum absolute atomic E-state index is 0.103. The molecule has 0 bridgehead atoms. The maximum atomic E-state index is 10.4. The largest absolute Gasteiger partial charge is 0.489 e. The Morgan fingerprint density at radius 2 is 2.31 bits per heavy atom. The summed E-state index contributed by atoms with van der Waals surface area (Å²) in [5.74, 6) is -0.164. The highest BCUT2D eigenvalue weighted by atomic mass is 16.6. The highest BCUT2D eigenvalue weighted by Crippen LogP contribution is 2.14. The maximum absolute atomic E-state index is 10.4. The average molecular weight is 180 g/mol. The zero-order valence-electron chi connectivity index (χ0n) is 7.11. The molecule has 5 nitrogen and oxygen atoms in total. The van der Waals surface area contributed by atoms with Gasteiger partial charge in [0.2, 0.25) is 5.76 Å². The van der Waals surface area contributed by atoms with Gasteiger partial charge in [0, 0.05) is 6.08 Å². The van der Waals surface area contributed by atoms with Crippen LogP contribution in [0.1, 0.15) is 0 Å². The lowest BCUT2D eigenvalue weighted by molar-refractivity contribution is -0.421. The van der Waals surface area contributed by atoms with Crippen LogP contribution >= 0.6 is 0 Å². The summed E-state index contributed by atoms with van der Waals surface area (Å²) in [6.07, 6.45) is 1.00. The van der Waals surface area contributed by atoms with E-state index in [1.54, 1.807) is 6.07 Å². The number of allylic oxidation sites excluding steroid dienone is 2. The van der Waals surface area contributed by atoms with E-state index in [0.29, 0.717) is 0 Å². The third kappa shape index (κ3) is 2.45. The fraction of sp³-hybridized carbons (Fsp3) is 0.125. The third-order valence-corrected chi connectivity index (χ3v) is 1.24. The molecule has 13 heavy (non-hydrogen) atoms. The molecule has 0 saturated carbocycles. The van der Waals surface area contributed by atoms with Gasteiger partial charge in [0.05, 0.1) is 17.6 Å². The van der Waals surface area contributed by atoms with Gasteiger partial charge in [0.25, 0.3) is 0 Å². The van der Waals surface area contributed by atoms with Crippen LogP contribution in [0, 0.1) is 21.4 Å². The van der Waals surface area contributed by atoms with Gasteiger partial charge in [-0.15, -0.1) is 0 Å². The molecule has 0 N–H and O–H groups in total. The number of hydrogen-bond acceptors (Lipinski definition) is 4. The van der Waals surface area contributed by atoms with Crippen LogP contribution in [0.15, 0.2) is 36.3 Å². The Hall–Kier alpha value is -2.09. The molecule has 0 atom stereocenters. The van der Waals surface area contributed by atoms with Gasteiger partial charge in [0.15, 0.2) is 0 Å². The molecule has 0 heterocycles. The number of rotatable bonds is 4. The third-order valence-electron chi connectivity index (χ3n) is 1.24. The van der Waals surface area contributed by atoms with Gasteiger partial charge in [-0.1, -0.05) is 13.2 Å². The van der Waals surface area contributed by atoms with Gasteiger partial charge in [-0.3, -0.25) is 10.1 Å². The minimum Gasteiger partial charge on any atom is -0.489 e. The SMILES string of the molecule is C=C/C(=C(/OC)C(=C)C#N)[N+](=O)[O-]. The Morgan fingerprint density at radius 3 is 2.54 bits per heavy atom. The van der Waals surface area contributed by atoms with E-state index in [9.17, 15) is 10.1 Å². The molecule has 0 rings (SSSR count). The molecule has 5 heteroatoms. The van der Waals surface area contributed by atoms with Crippen molar-refractivity contribution in [3.05, 3.63) is 46.4 Å². The molecule has 0 aromatic heterocycles. The highest BCUT2D eigenvalue weighted by molar-refractivity contribution is 5.39. The topological polar surface area (TPSA) is 76.2 Å². The van der Waals surface area contributed by atoms with Crippen LogP contribution in [-0.4, -0.2) is 12.0 Å². The number of nitriles is 1. The highest BCUT2D eigenvalue weighted by Gasteiger charge is 2.18. The Bertz CT molecular complexity index is 323. The molecule has 0 aromatic rings. The van der Waals surface area contributed by atoms with Gasteiger partial charge in [-0.05, 0) is 0 Å². The second-order valence-electron chi connectivity index (χ2n) is 1.97. The Labute approximate surface area is 75.4 Å². The van der Waals surface area contributed by atoms with Crippen molar-refractivity contribution < 1.29 is 9.66 Å². The zero-order chi connectivity index (χ0) is 10.4. The van der Waals surface area contributed by atoms with E-state index < -0.39 is 4.92 Å². The van der Waals surface area contributed by atoms with Crippen molar-refractivity contribution in [2.45, 2.75) is 0 Å². The zero-order valence-corrected chi connectivity index (χ0v) is 7.11. The van der Waals surface area contributed by atoms with Crippen molar-refractivity contribution >= 4 is 0 Å². The lowest BCUT2D eigenvalue weighted by atomic mass is 10.2. The molecular weight excluding hydrogens is 172 g/mol. The van der Waals surface area contributed by atoms with Gasteiger partial charge in [0.1, 0.15) is 6.07 Å². The molecule has 0 aliphatic rings. The van der Waals surface area contributed by atoms with E-state index >= 15 is 0 Å². The number of hydrogen-bond donors (Lipinski definition) is 0. The first-order chi connectivity index (χ1) is 6.08. The van der Waals surface area contributed by atoms with E-state index in [1.165, 1.54) is 7.11 Å². The number of nitro groups is 1. The van der Waals surface area contributed by atoms with Gasteiger partial charge >= 0.3 is 5.70 Å². The van der Waals surface area contributed by atoms with E-state index in [0.717, 1.165) is 6.08 Å². The number of nitrogens with zero attached hydrogens (tertiary/aromatic N) is 2. The average Bonchev–Trinajstić information content (AvgIpc) is 2.12. The summed E-state index contributed by atoms with van der Waals surface area (Å²) in [5.41, 5.74) is -0.469. The van der Waals surface area contributed by atoms with Gasteiger partial charge in [-0.25, -0.2) is 0 Å². The second-order valence-corrected chi connectivity index (χ2v) is 1.97. The van der Waals surface area contributed by atoms with E-state index in [-0.39, 0.29) is 17.0 Å². The standard InChI is InChI=1S/C8H8N2O3/c1-4-7(10(11)12)8(13-3)6(2)5-9/h4H,1-2H2,3H3/b8-7-. The van der Waals surface area contributed by atoms with E-state index in [2.05, 4.69) is 17.9 Å². The van der Waals surface area contributed by atoms with Crippen LogP contribution in [0.2, 0.25) is 0 Å². The van der Waals surface area contributed by atoms with Crippen molar-refractivity contribution in [3.8, 4) is 6.07 Å². The molecular formula is C8H8N2O3. The molecule has 0 spiro atoms. The normalized spacial score (nSPS) is 10.8. The number of ether oxygens (including phenoxy) is 1. The lowest BCUT2D eigenvalue weighted by Gasteiger charge is -2.01. The molecule has 0 amide bonds. The molecule has 0 fully saturated rings. The number of methoxy groups -OCH3 is 1. The van der Waals surface area contributed by atoms with Crippen molar-refractivity contribution in [2.24, 2.45) is 0 Å². The first-order valence-electron chi connectivity index (χ1n) is 3.23. The summed E-state index contributed by atoms with van der Waals surface area (Å²) < 4.78 is 4.66. The van der Waals surface area contributed by atoms with Crippen LogP contribution in [0.25, 0.3) is 0 Å². The van der Waals surface area contributed by atoms with E-state index in [4.69, 9.17) is 5.26 Å². The molecule has 68 valence electrons. The van der Waals surface area contributed by atoms with Crippen LogP contribution in [0.3, 0.4) is 0 Å². The molecule has 0 aromatic carbocycles. The molecule has 0 aliphatic carbocycles. The molecule has 0 unspecified atom stereocenters.